The minimum absolute atomic E-state index is 0.473. The van der Waals surface area contributed by atoms with E-state index in [4.69, 9.17) is 0 Å². The zero-order chi connectivity index (χ0) is 10.3. The van der Waals surface area contributed by atoms with Gasteiger partial charge >= 0.3 is 6.18 Å². The molecule has 0 radical (unpaired) electrons. The lowest BCUT2D eigenvalue weighted by Crippen LogP contribution is -2.04. The van der Waals surface area contributed by atoms with Gasteiger partial charge in [-0.2, -0.15) is 18.3 Å². The van der Waals surface area contributed by atoms with E-state index in [1.807, 2.05) is 22.9 Å². The molecule has 2 aromatic rings. The van der Waals surface area contributed by atoms with Crippen molar-refractivity contribution in [3.8, 4) is 0 Å². The fourth-order valence-electron chi connectivity index (χ4n) is 1.16. The summed E-state index contributed by atoms with van der Waals surface area (Å²) in [7, 11) is 0. The van der Waals surface area contributed by atoms with Gasteiger partial charge in [0, 0.05) is 5.39 Å². The van der Waals surface area contributed by atoms with Crippen LogP contribution in [-0.2, 0) is 6.18 Å². The smallest absolute Gasteiger partial charge is 0.204 e. The lowest BCUT2D eigenvalue weighted by molar-refractivity contribution is -0.137. The summed E-state index contributed by atoms with van der Waals surface area (Å²) < 4.78 is 38.4. The van der Waals surface area contributed by atoms with E-state index < -0.39 is 11.7 Å². The van der Waals surface area contributed by atoms with Gasteiger partial charge in [0.2, 0.25) is 0 Å². The van der Waals surface area contributed by atoms with E-state index in [0.29, 0.717) is 10.9 Å². The number of nitrogens with zero attached hydrogens (tertiary/aromatic N) is 2. The van der Waals surface area contributed by atoms with Crippen molar-refractivity contribution >= 4 is 33.8 Å². The summed E-state index contributed by atoms with van der Waals surface area (Å²) in [6.45, 7) is 0. The van der Waals surface area contributed by atoms with Gasteiger partial charge in [-0.1, -0.05) is 6.07 Å². The molecule has 0 amide bonds. The third-order valence-corrected chi connectivity index (χ3v) is 2.62. The van der Waals surface area contributed by atoms with E-state index in [9.17, 15) is 13.2 Å². The van der Waals surface area contributed by atoms with Crippen molar-refractivity contribution in [1.82, 2.24) is 7.99 Å². The molecule has 0 bridgehead atoms. The minimum atomic E-state index is -4.30. The van der Waals surface area contributed by atoms with Crippen molar-refractivity contribution in [2.45, 2.75) is 6.18 Å². The van der Waals surface area contributed by atoms with Crippen molar-refractivity contribution in [2.75, 3.05) is 0 Å². The molecule has 1 aromatic carbocycles. The first-order valence-corrected chi connectivity index (χ1v) is 4.66. The second-order valence-corrected chi connectivity index (χ2v) is 3.69. The summed E-state index contributed by atoms with van der Waals surface area (Å²) in [5.41, 5.74) is -0.177. The number of hydrogen-bond acceptors (Lipinski definition) is 1. The Morgan fingerprint density at radius 3 is 2.64 bits per heavy atom. The fraction of sp³-hybridized carbons (Fsp3) is 0.125. The third-order valence-electron chi connectivity index (χ3n) is 1.85. The standard InChI is InChI=1S/C8H4F3IN2/c9-8(10,11)6-2-1-5-4-13-14(12)7(5)3-6/h1-4H. The van der Waals surface area contributed by atoms with Gasteiger partial charge in [0.05, 0.1) is 40.1 Å². The molecule has 0 fully saturated rings. The molecule has 2 rings (SSSR count). The van der Waals surface area contributed by atoms with E-state index >= 15 is 0 Å². The van der Waals surface area contributed by atoms with Gasteiger partial charge in [0.15, 0.2) is 0 Å². The molecule has 0 saturated heterocycles. The Balaban J connectivity index is 2.66. The molecule has 0 aliphatic carbocycles. The van der Waals surface area contributed by atoms with Crippen LogP contribution in [-0.4, -0.2) is 7.99 Å². The monoisotopic (exact) mass is 312 g/mol. The molecule has 2 nitrogen and oxygen atoms in total. The first kappa shape index (κ1) is 9.75. The zero-order valence-electron chi connectivity index (χ0n) is 6.72. The van der Waals surface area contributed by atoms with Crippen LogP contribution in [0.5, 0.6) is 0 Å². The number of halogens is 4. The molecule has 14 heavy (non-hydrogen) atoms. The highest BCUT2D eigenvalue weighted by Gasteiger charge is 2.30. The normalized spacial score (nSPS) is 12.3. The lowest BCUT2D eigenvalue weighted by atomic mass is 10.1. The van der Waals surface area contributed by atoms with Gasteiger partial charge < -0.3 is 0 Å². The number of hydrogen-bond donors (Lipinski definition) is 0. The molecule has 1 heterocycles. The van der Waals surface area contributed by atoms with Crippen LogP contribution >= 0.6 is 22.9 Å². The van der Waals surface area contributed by atoms with Gasteiger partial charge in [0.25, 0.3) is 0 Å². The molecule has 0 saturated carbocycles. The van der Waals surface area contributed by atoms with Crippen molar-refractivity contribution in [3.05, 3.63) is 30.0 Å². The lowest BCUT2D eigenvalue weighted by Gasteiger charge is -2.05. The van der Waals surface area contributed by atoms with E-state index in [0.717, 1.165) is 12.1 Å². The molecule has 0 atom stereocenters. The highest BCUT2D eigenvalue weighted by atomic mass is 127. The van der Waals surface area contributed by atoms with Crippen LogP contribution in [0.3, 0.4) is 0 Å². The van der Waals surface area contributed by atoms with Gasteiger partial charge in [0.1, 0.15) is 0 Å². The van der Waals surface area contributed by atoms with Crippen LogP contribution in [0.15, 0.2) is 24.4 Å². The quantitative estimate of drug-likeness (QED) is 0.683. The van der Waals surface area contributed by atoms with Crippen LogP contribution < -0.4 is 0 Å². The van der Waals surface area contributed by atoms with Crippen molar-refractivity contribution < 1.29 is 13.2 Å². The van der Waals surface area contributed by atoms with Gasteiger partial charge in [-0.15, -0.1) is 0 Å². The first-order chi connectivity index (χ1) is 6.48. The minimum Gasteiger partial charge on any atom is -0.204 e. The summed E-state index contributed by atoms with van der Waals surface area (Å²) in [5, 5.41) is 4.56. The van der Waals surface area contributed by atoms with Crippen molar-refractivity contribution in [2.24, 2.45) is 0 Å². The Morgan fingerprint density at radius 2 is 2.00 bits per heavy atom. The molecular formula is C8H4F3IN2. The zero-order valence-corrected chi connectivity index (χ0v) is 8.87. The molecule has 74 valence electrons. The predicted octanol–water partition coefficient (Wildman–Crippen LogP) is 3.25. The molecular weight excluding hydrogens is 308 g/mol. The Bertz CT molecular complexity index is 475. The SMILES string of the molecule is FC(F)(F)c1ccc2cnn(I)c2c1. The molecule has 6 heteroatoms. The molecule has 0 aliphatic heterocycles. The van der Waals surface area contributed by atoms with E-state index in [1.54, 1.807) is 0 Å². The van der Waals surface area contributed by atoms with Crippen LogP contribution in [0.4, 0.5) is 13.2 Å². The van der Waals surface area contributed by atoms with E-state index in [2.05, 4.69) is 5.10 Å². The Morgan fingerprint density at radius 1 is 1.29 bits per heavy atom. The maximum absolute atomic E-state index is 12.3. The molecule has 0 aliphatic rings. The Kier molecular flexibility index (Phi) is 2.17. The summed E-state index contributed by atoms with van der Waals surface area (Å²) in [6, 6.07) is 3.57. The largest absolute Gasteiger partial charge is 0.416 e. The number of rotatable bonds is 0. The number of fused-ring (bicyclic) bond motifs is 1. The molecule has 0 unspecified atom stereocenters. The summed E-state index contributed by atoms with van der Waals surface area (Å²) in [6.07, 6.45) is -2.77. The maximum Gasteiger partial charge on any atom is 0.416 e. The van der Waals surface area contributed by atoms with Crippen molar-refractivity contribution in [3.63, 3.8) is 0 Å². The van der Waals surface area contributed by atoms with Gasteiger partial charge in [-0.05, 0) is 12.1 Å². The van der Waals surface area contributed by atoms with Crippen LogP contribution in [0.25, 0.3) is 10.9 Å². The Labute approximate surface area is 91.2 Å². The number of aromatic nitrogens is 2. The van der Waals surface area contributed by atoms with E-state index in [1.165, 1.54) is 15.2 Å². The van der Waals surface area contributed by atoms with Gasteiger partial charge in [-0.3, -0.25) is 0 Å². The first-order valence-electron chi connectivity index (χ1n) is 3.69. The summed E-state index contributed by atoms with van der Waals surface area (Å²) >= 11 is 1.84. The highest BCUT2D eigenvalue weighted by molar-refractivity contribution is 14.1. The predicted molar refractivity (Wildman–Crippen MR) is 54.2 cm³/mol. The van der Waals surface area contributed by atoms with Crippen molar-refractivity contribution in [1.29, 1.82) is 0 Å². The van der Waals surface area contributed by atoms with Gasteiger partial charge in [-0.25, -0.2) is 2.90 Å². The molecule has 1 aromatic heterocycles. The van der Waals surface area contributed by atoms with E-state index in [-0.39, 0.29) is 0 Å². The third kappa shape index (κ3) is 1.58. The Hall–Kier alpha value is -0.790. The molecule has 0 spiro atoms. The summed E-state index contributed by atoms with van der Waals surface area (Å²) in [5.74, 6) is 0. The van der Waals surface area contributed by atoms with Crippen LogP contribution in [0.2, 0.25) is 0 Å². The molecule has 0 N–H and O–H groups in total. The average molecular weight is 312 g/mol. The highest BCUT2D eigenvalue weighted by Crippen LogP contribution is 2.31. The average Bonchev–Trinajstić information content (AvgIpc) is 2.46. The second kappa shape index (κ2) is 3.11. The second-order valence-electron chi connectivity index (χ2n) is 2.78. The maximum atomic E-state index is 12.3. The number of benzene rings is 1. The van der Waals surface area contributed by atoms with Crippen LogP contribution in [0, 0.1) is 0 Å². The van der Waals surface area contributed by atoms with Crippen LogP contribution in [0.1, 0.15) is 5.56 Å². The fourth-order valence-corrected chi connectivity index (χ4v) is 1.71. The number of alkyl halides is 3. The summed E-state index contributed by atoms with van der Waals surface area (Å²) in [4.78, 5) is 0. The topological polar surface area (TPSA) is 17.8 Å².